The van der Waals surface area contributed by atoms with E-state index in [0.717, 1.165) is 18.7 Å². The van der Waals surface area contributed by atoms with Crippen LogP contribution in [-0.2, 0) is 13.6 Å². The Kier molecular flexibility index (Phi) is 4.48. The van der Waals surface area contributed by atoms with Gasteiger partial charge < -0.3 is 4.90 Å². The first kappa shape index (κ1) is 17.0. The van der Waals surface area contributed by atoms with Gasteiger partial charge in [0.15, 0.2) is 11.2 Å². The Morgan fingerprint density at radius 3 is 2.36 bits per heavy atom. The maximum Gasteiger partial charge on any atom is 0.329 e. The van der Waals surface area contributed by atoms with Crippen molar-refractivity contribution in [1.82, 2.24) is 19.1 Å². The number of hydrogen-bond donors (Lipinski definition) is 1. The monoisotopic (exact) mass is 341 g/mol. The van der Waals surface area contributed by atoms with Crippen LogP contribution >= 0.6 is 0 Å². The van der Waals surface area contributed by atoms with Crippen molar-refractivity contribution in [3.63, 3.8) is 0 Å². The van der Waals surface area contributed by atoms with Crippen molar-refractivity contribution in [2.24, 2.45) is 7.05 Å². The molecule has 0 bridgehead atoms. The van der Waals surface area contributed by atoms with E-state index in [0.29, 0.717) is 23.7 Å². The van der Waals surface area contributed by atoms with E-state index in [4.69, 9.17) is 0 Å². The number of hydrogen-bond acceptors (Lipinski definition) is 4. The first-order chi connectivity index (χ1) is 12.0. The van der Waals surface area contributed by atoms with Gasteiger partial charge in [0.25, 0.3) is 5.56 Å². The topological polar surface area (TPSA) is 75.9 Å². The molecule has 0 unspecified atom stereocenters. The van der Waals surface area contributed by atoms with Crippen LogP contribution in [0, 0.1) is 6.92 Å². The highest BCUT2D eigenvalue weighted by atomic mass is 16.2. The number of nitrogens with one attached hydrogen (secondary N) is 1. The van der Waals surface area contributed by atoms with Crippen LogP contribution in [0.5, 0.6) is 0 Å². The smallest absolute Gasteiger partial charge is 0.329 e. The second-order valence-electron chi connectivity index (χ2n) is 6.15. The highest BCUT2D eigenvalue weighted by Crippen LogP contribution is 2.21. The predicted octanol–water partition coefficient (Wildman–Crippen LogP) is 1.63. The number of nitrogens with zero attached hydrogens (tertiary/aromatic N) is 4. The van der Waals surface area contributed by atoms with Crippen LogP contribution in [-0.4, -0.2) is 32.2 Å². The number of anilines is 1. The lowest BCUT2D eigenvalue weighted by Crippen LogP contribution is -2.29. The Morgan fingerprint density at radius 2 is 1.76 bits per heavy atom. The fourth-order valence-electron chi connectivity index (χ4n) is 3.00. The number of aryl methyl sites for hydroxylation is 2. The summed E-state index contributed by atoms with van der Waals surface area (Å²) in [6, 6.07) is 8.18. The lowest BCUT2D eigenvalue weighted by molar-refractivity contribution is 0.744. The summed E-state index contributed by atoms with van der Waals surface area (Å²) in [5.74, 6) is 0.701. The minimum absolute atomic E-state index is 0.405. The summed E-state index contributed by atoms with van der Waals surface area (Å²) in [6.45, 7) is 8.17. The fraction of sp³-hybridized carbons (Fsp3) is 0.389. The molecule has 1 aromatic carbocycles. The van der Waals surface area contributed by atoms with E-state index in [9.17, 15) is 9.59 Å². The molecular weight excluding hydrogens is 318 g/mol. The first-order valence-corrected chi connectivity index (χ1v) is 8.46. The van der Waals surface area contributed by atoms with E-state index in [2.05, 4.69) is 14.9 Å². The van der Waals surface area contributed by atoms with Gasteiger partial charge in [0.1, 0.15) is 0 Å². The van der Waals surface area contributed by atoms with Crippen molar-refractivity contribution in [1.29, 1.82) is 0 Å². The molecule has 3 aromatic rings. The van der Waals surface area contributed by atoms with E-state index < -0.39 is 11.2 Å². The maximum atomic E-state index is 12.5. The van der Waals surface area contributed by atoms with Crippen molar-refractivity contribution >= 4 is 17.1 Å². The summed E-state index contributed by atoms with van der Waals surface area (Å²) >= 11 is 0. The third-order valence-electron chi connectivity index (χ3n) is 4.49. The molecule has 132 valence electrons. The molecule has 2 heterocycles. The Morgan fingerprint density at radius 1 is 1.12 bits per heavy atom. The summed E-state index contributed by atoms with van der Waals surface area (Å²) in [5, 5.41) is 0. The summed E-state index contributed by atoms with van der Waals surface area (Å²) in [5.41, 5.74) is 2.22. The molecule has 25 heavy (non-hydrogen) atoms. The third-order valence-corrected chi connectivity index (χ3v) is 4.49. The molecule has 2 aromatic heterocycles. The average molecular weight is 341 g/mol. The summed E-state index contributed by atoms with van der Waals surface area (Å²) in [4.78, 5) is 33.5. The van der Waals surface area contributed by atoms with E-state index in [-0.39, 0.29) is 0 Å². The number of fused-ring (bicyclic) bond motifs is 1. The Balaban J connectivity index is 2.27. The van der Waals surface area contributed by atoms with Crippen LogP contribution in [0.25, 0.3) is 11.2 Å². The van der Waals surface area contributed by atoms with Crippen molar-refractivity contribution in [2.45, 2.75) is 27.3 Å². The molecule has 1 N–H and O–H groups in total. The van der Waals surface area contributed by atoms with Gasteiger partial charge in [-0.1, -0.05) is 29.8 Å². The minimum atomic E-state index is -0.455. The Hall–Kier alpha value is -2.83. The Bertz CT molecular complexity index is 1010. The van der Waals surface area contributed by atoms with E-state index >= 15 is 0 Å². The summed E-state index contributed by atoms with van der Waals surface area (Å²) in [7, 11) is 1.62. The van der Waals surface area contributed by atoms with Crippen molar-refractivity contribution < 1.29 is 0 Å². The average Bonchev–Trinajstić information content (AvgIpc) is 2.96. The van der Waals surface area contributed by atoms with Gasteiger partial charge in [0, 0.05) is 20.1 Å². The van der Waals surface area contributed by atoms with Crippen molar-refractivity contribution in [2.75, 3.05) is 18.0 Å². The molecular formula is C18H23N5O2. The molecule has 0 aliphatic rings. The maximum absolute atomic E-state index is 12.5. The molecule has 0 amide bonds. The minimum Gasteiger partial charge on any atom is -0.343 e. The van der Waals surface area contributed by atoms with Crippen molar-refractivity contribution in [3.8, 4) is 0 Å². The normalized spacial score (nSPS) is 11.2. The van der Waals surface area contributed by atoms with Crippen LogP contribution in [0.3, 0.4) is 0 Å². The molecule has 0 aliphatic carbocycles. The molecule has 7 heteroatoms. The highest BCUT2D eigenvalue weighted by Gasteiger charge is 2.20. The van der Waals surface area contributed by atoms with Crippen LogP contribution in [0.1, 0.15) is 25.0 Å². The quantitative estimate of drug-likeness (QED) is 0.765. The molecule has 0 spiro atoms. The number of aromatic nitrogens is 4. The first-order valence-electron chi connectivity index (χ1n) is 8.46. The Labute approximate surface area is 145 Å². The largest absolute Gasteiger partial charge is 0.343 e. The predicted molar refractivity (Wildman–Crippen MR) is 99.4 cm³/mol. The van der Waals surface area contributed by atoms with Gasteiger partial charge in [-0.05, 0) is 26.3 Å². The zero-order valence-electron chi connectivity index (χ0n) is 15.0. The van der Waals surface area contributed by atoms with Gasteiger partial charge in [0.2, 0.25) is 5.95 Å². The third kappa shape index (κ3) is 2.97. The number of imidazole rings is 1. The number of aromatic amines is 1. The van der Waals surface area contributed by atoms with E-state index in [1.54, 1.807) is 7.05 Å². The van der Waals surface area contributed by atoms with Crippen LogP contribution < -0.4 is 16.1 Å². The molecule has 7 nitrogen and oxygen atoms in total. The lowest BCUT2D eigenvalue weighted by Gasteiger charge is -2.21. The molecule has 0 fully saturated rings. The lowest BCUT2D eigenvalue weighted by atomic mass is 10.1. The van der Waals surface area contributed by atoms with Gasteiger partial charge in [-0.25, -0.2) is 4.79 Å². The van der Waals surface area contributed by atoms with E-state index in [1.807, 2.05) is 49.6 Å². The molecule has 3 rings (SSSR count). The van der Waals surface area contributed by atoms with E-state index in [1.165, 1.54) is 10.1 Å². The highest BCUT2D eigenvalue weighted by molar-refractivity contribution is 5.74. The molecule has 0 aliphatic heterocycles. The number of benzene rings is 1. The summed E-state index contributed by atoms with van der Waals surface area (Å²) in [6.07, 6.45) is 0. The van der Waals surface area contributed by atoms with Gasteiger partial charge in [-0.15, -0.1) is 0 Å². The van der Waals surface area contributed by atoms with Crippen LogP contribution in [0.15, 0.2) is 33.9 Å². The summed E-state index contributed by atoms with van der Waals surface area (Å²) < 4.78 is 3.28. The zero-order valence-corrected chi connectivity index (χ0v) is 15.0. The standard InChI is InChI=1S/C18H23N5O2/c1-5-22(6-2)17-19-15-14(16(24)20-18(25)21(15)4)23(17)11-13-9-7-12(3)8-10-13/h7-10H,5-6,11H2,1-4H3,(H,20,24,25). The van der Waals surface area contributed by atoms with Crippen LogP contribution in [0.2, 0.25) is 0 Å². The number of H-pyrrole nitrogens is 1. The molecule has 0 saturated heterocycles. The molecule has 0 saturated carbocycles. The molecule has 0 radical (unpaired) electrons. The fourth-order valence-corrected chi connectivity index (χ4v) is 3.00. The molecule has 0 atom stereocenters. The second-order valence-corrected chi connectivity index (χ2v) is 6.15. The van der Waals surface area contributed by atoms with Gasteiger partial charge in [0.05, 0.1) is 6.54 Å². The van der Waals surface area contributed by atoms with Gasteiger partial charge >= 0.3 is 5.69 Å². The van der Waals surface area contributed by atoms with Gasteiger partial charge in [-0.3, -0.25) is 18.9 Å². The SMILES string of the molecule is CCN(CC)c1nc2c(c(=O)[nH]c(=O)n2C)n1Cc1ccc(C)cc1. The number of rotatable bonds is 5. The van der Waals surface area contributed by atoms with Crippen molar-refractivity contribution in [3.05, 3.63) is 56.2 Å². The van der Waals surface area contributed by atoms with Gasteiger partial charge in [-0.2, -0.15) is 4.98 Å². The zero-order chi connectivity index (χ0) is 18.1. The second kappa shape index (κ2) is 6.58. The van der Waals surface area contributed by atoms with Crippen LogP contribution in [0.4, 0.5) is 5.95 Å².